The van der Waals surface area contributed by atoms with Gasteiger partial charge >= 0.3 is 0 Å². The number of hydrogen-bond donors (Lipinski definition) is 1. The smallest absolute Gasteiger partial charge is 0.226 e. The standard InChI is InChI=1S/C14H20N2OS/c1-2-3-4-5-6-7-8-9-10-13(17)16-14-15-11-12-18-14/h1,11-12H,3-10H2,(H,15,16,17). The summed E-state index contributed by atoms with van der Waals surface area (Å²) in [4.78, 5) is 15.5. The van der Waals surface area contributed by atoms with E-state index >= 15 is 0 Å². The van der Waals surface area contributed by atoms with Crippen LogP contribution in [-0.4, -0.2) is 10.9 Å². The Morgan fingerprint density at radius 3 is 2.67 bits per heavy atom. The van der Waals surface area contributed by atoms with Gasteiger partial charge in [-0.3, -0.25) is 4.79 Å². The van der Waals surface area contributed by atoms with Gasteiger partial charge < -0.3 is 5.32 Å². The molecule has 1 N–H and O–H groups in total. The average molecular weight is 264 g/mol. The van der Waals surface area contributed by atoms with Crippen LogP contribution in [0.4, 0.5) is 5.13 Å². The van der Waals surface area contributed by atoms with E-state index in [4.69, 9.17) is 6.42 Å². The number of thiazole rings is 1. The van der Waals surface area contributed by atoms with E-state index in [1.54, 1.807) is 6.20 Å². The number of terminal acetylenes is 1. The van der Waals surface area contributed by atoms with Crippen LogP contribution in [-0.2, 0) is 4.79 Å². The fourth-order valence-electron chi connectivity index (χ4n) is 1.69. The van der Waals surface area contributed by atoms with Gasteiger partial charge in [-0.15, -0.1) is 23.7 Å². The molecule has 1 heterocycles. The minimum Gasteiger partial charge on any atom is -0.302 e. The van der Waals surface area contributed by atoms with Crippen LogP contribution in [0.25, 0.3) is 0 Å². The summed E-state index contributed by atoms with van der Waals surface area (Å²) in [6, 6.07) is 0. The molecule has 0 unspecified atom stereocenters. The normalized spacial score (nSPS) is 9.94. The van der Waals surface area contributed by atoms with E-state index in [2.05, 4.69) is 16.2 Å². The topological polar surface area (TPSA) is 42.0 Å². The first kappa shape index (κ1) is 14.7. The molecule has 18 heavy (non-hydrogen) atoms. The highest BCUT2D eigenvalue weighted by Gasteiger charge is 2.03. The fraction of sp³-hybridized carbons (Fsp3) is 0.571. The molecule has 0 bridgehead atoms. The van der Waals surface area contributed by atoms with E-state index in [0.717, 1.165) is 25.7 Å². The lowest BCUT2D eigenvalue weighted by atomic mass is 10.1. The van der Waals surface area contributed by atoms with Crippen LogP contribution in [0.3, 0.4) is 0 Å². The molecular formula is C14H20N2OS. The van der Waals surface area contributed by atoms with E-state index in [1.807, 2.05) is 5.38 Å². The number of hydrogen-bond acceptors (Lipinski definition) is 3. The van der Waals surface area contributed by atoms with Gasteiger partial charge in [0, 0.05) is 24.4 Å². The van der Waals surface area contributed by atoms with Crippen LogP contribution < -0.4 is 5.32 Å². The Hall–Kier alpha value is -1.34. The highest BCUT2D eigenvalue weighted by molar-refractivity contribution is 7.13. The first-order valence-electron chi connectivity index (χ1n) is 6.45. The Balaban J connectivity index is 1.91. The van der Waals surface area contributed by atoms with Crippen LogP contribution >= 0.6 is 11.3 Å². The maximum absolute atomic E-state index is 11.5. The molecule has 3 nitrogen and oxygen atoms in total. The van der Waals surface area contributed by atoms with Crippen molar-refractivity contribution < 1.29 is 4.79 Å². The largest absolute Gasteiger partial charge is 0.302 e. The summed E-state index contributed by atoms with van der Waals surface area (Å²) in [6.07, 6.45) is 15.1. The summed E-state index contributed by atoms with van der Waals surface area (Å²) in [5, 5.41) is 5.33. The van der Waals surface area contributed by atoms with E-state index < -0.39 is 0 Å². The summed E-state index contributed by atoms with van der Waals surface area (Å²) in [5.41, 5.74) is 0. The second-order valence-corrected chi connectivity index (χ2v) is 5.11. The lowest BCUT2D eigenvalue weighted by molar-refractivity contribution is -0.116. The predicted molar refractivity (Wildman–Crippen MR) is 76.5 cm³/mol. The Labute approximate surface area is 113 Å². The summed E-state index contributed by atoms with van der Waals surface area (Å²) in [6.45, 7) is 0. The Kier molecular flexibility index (Phi) is 7.90. The van der Waals surface area contributed by atoms with Gasteiger partial charge in [-0.05, 0) is 12.8 Å². The maximum atomic E-state index is 11.5. The van der Waals surface area contributed by atoms with Crippen molar-refractivity contribution in [3.63, 3.8) is 0 Å². The lowest BCUT2D eigenvalue weighted by Crippen LogP contribution is -2.10. The SMILES string of the molecule is C#CCCCCCCCCC(=O)Nc1nccs1. The molecule has 0 radical (unpaired) electrons. The zero-order valence-corrected chi connectivity index (χ0v) is 11.5. The van der Waals surface area contributed by atoms with Crippen molar-refractivity contribution in [1.29, 1.82) is 0 Å². The number of carbonyl (C=O) groups excluding carboxylic acids is 1. The molecule has 1 rings (SSSR count). The molecule has 0 saturated heterocycles. The van der Waals surface area contributed by atoms with Crippen LogP contribution in [0.15, 0.2) is 11.6 Å². The zero-order valence-electron chi connectivity index (χ0n) is 10.7. The van der Waals surface area contributed by atoms with Crippen molar-refractivity contribution in [2.45, 2.75) is 51.4 Å². The molecule has 0 atom stereocenters. The first-order valence-corrected chi connectivity index (χ1v) is 7.33. The Morgan fingerprint density at radius 2 is 2.00 bits per heavy atom. The van der Waals surface area contributed by atoms with Crippen LogP contribution in [0, 0.1) is 12.3 Å². The highest BCUT2D eigenvalue weighted by Crippen LogP contribution is 2.12. The minimum atomic E-state index is 0.0669. The molecule has 1 aromatic rings. The summed E-state index contributed by atoms with van der Waals surface area (Å²) in [7, 11) is 0. The van der Waals surface area contributed by atoms with Gasteiger partial charge in [0.15, 0.2) is 5.13 Å². The third kappa shape index (κ3) is 7.08. The minimum absolute atomic E-state index is 0.0669. The van der Waals surface area contributed by atoms with Gasteiger partial charge in [0.1, 0.15) is 0 Å². The van der Waals surface area contributed by atoms with Crippen LogP contribution in [0.2, 0.25) is 0 Å². The summed E-state index contributed by atoms with van der Waals surface area (Å²) >= 11 is 1.45. The molecule has 1 amide bonds. The average Bonchev–Trinajstić information content (AvgIpc) is 2.85. The van der Waals surface area contributed by atoms with Crippen molar-refractivity contribution in [2.75, 3.05) is 5.32 Å². The zero-order chi connectivity index (χ0) is 13.1. The van der Waals surface area contributed by atoms with E-state index in [9.17, 15) is 4.79 Å². The van der Waals surface area contributed by atoms with Gasteiger partial charge in [0.05, 0.1) is 0 Å². The van der Waals surface area contributed by atoms with Crippen molar-refractivity contribution >= 4 is 22.4 Å². The molecule has 0 aliphatic heterocycles. The molecule has 98 valence electrons. The summed E-state index contributed by atoms with van der Waals surface area (Å²) in [5.74, 6) is 2.71. The molecule has 0 saturated carbocycles. The monoisotopic (exact) mass is 264 g/mol. The van der Waals surface area contributed by atoms with Crippen molar-refractivity contribution in [3.8, 4) is 12.3 Å². The lowest BCUT2D eigenvalue weighted by Gasteiger charge is -2.02. The van der Waals surface area contributed by atoms with Gasteiger partial charge in [-0.1, -0.05) is 25.7 Å². The molecule has 4 heteroatoms. The number of nitrogens with zero attached hydrogens (tertiary/aromatic N) is 1. The molecule has 0 spiro atoms. The number of amides is 1. The van der Waals surface area contributed by atoms with Crippen molar-refractivity contribution in [3.05, 3.63) is 11.6 Å². The fourth-order valence-corrected chi connectivity index (χ4v) is 2.23. The maximum Gasteiger partial charge on any atom is 0.226 e. The third-order valence-electron chi connectivity index (χ3n) is 2.65. The van der Waals surface area contributed by atoms with Gasteiger partial charge in [-0.2, -0.15) is 0 Å². The van der Waals surface area contributed by atoms with Gasteiger partial charge in [0.25, 0.3) is 0 Å². The van der Waals surface area contributed by atoms with Gasteiger partial charge in [-0.25, -0.2) is 4.98 Å². The number of unbranched alkanes of at least 4 members (excludes halogenated alkanes) is 6. The van der Waals surface area contributed by atoms with E-state index in [0.29, 0.717) is 11.6 Å². The van der Waals surface area contributed by atoms with E-state index in [1.165, 1.54) is 30.6 Å². The molecule has 0 aliphatic rings. The van der Waals surface area contributed by atoms with Crippen LogP contribution in [0.5, 0.6) is 0 Å². The second kappa shape index (κ2) is 9.67. The third-order valence-corrected chi connectivity index (χ3v) is 3.34. The number of carbonyl (C=O) groups is 1. The molecule has 1 aromatic heterocycles. The Bertz CT molecular complexity index is 368. The molecule has 0 aromatic carbocycles. The summed E-state index contributed by atoms with van der Waals surface area (Å²) < 4.78 is 0. The quantitative estimate of drug-likeness (QED) is 0.544. The number of anilines is 1. The number of aromatic nitrogens is 1. The van der Waals surface area contributed by atoms with Gasteiger partial charge in [0.2, 0.25) is 5.91 Å². The van der Waals surface area contributed by atoms with Crippen molar-refractivity contribution in [2.24, 2.45) is 0 Å². The molecule has 0 aliphatic carbocycles. The van der Waals surface area contributed by atoms with Crippen molar-refractivity contribution in [1.82, 2.24) is 4.98 Å². The van der Waals surface area contributed by atoms with E-state index in [-0.39, 0.29) is 5.91 Å². The number of rotatable bonds is 9. The molecular weight excluding hydrogens is 244 g/mol. The van der Waals surface area contributed by atoms with Crippen LogP contribution in [0.1, 0.15) is 51.4 Å². The number of nitrogens with one attached hydrogen (secondary N) is 1. The molecule has 0 fully saturated rings. The Morgan fingerprint density at radius 1 is 1.28 bits per heavy atom. The second-order valence-electron chi connectivity index (χ2n) is 4.21. The highest BCUT2D eigenvalue weighted by atomic mass is 32.1. The predicted octanol–water partition coefficient (Wildman–Crippen LogP) is 3.84. The first-order chi connectivity index (χ1) is 8.83.